The second kappa shape index (κ2) is 9.02. The van der Waals surface area contributed by atoms with Gasteiger partial charge in [0.05, 0.1) is 11.1 Å². The van der Waals surface area contributed by atoms with Crippen molar-refractivity contribution in [3.8, 4) is 0 Å². The largest absolute Gasteiger partial charge is 0.414 e. The molecule has 2 atom stereocenters. The monoisotopic (exact) mass is 450 g/mol. The topological polar surface area (TPSA) is 93.1 Å². The molecule has 2 fully saturated rings. The van der Waals surface area contributed by atoms with Crippen LogP contribution < -0.4 is 21.7 Å². The Morgan fingerprint density at radius 1 is 1.25 bits per heavy atom. The van der Waals surface area contributed by atoms with Crippen LogP contribution in [-0.4, -0.2) is 41.8 Å². The van der Waals surface area contributed by atoms with E-state index in [1.165, 1.54) is 25.0 Å². The van der Waals surface area contributed by atoms with Gasteiger partial charge in [-0.2, -0.15) is 13.2 Å². The summed E-state index contributed by atoms with van der Waals surface area (Å²) < 4.78 is 40.5. The van der Waals surface area contributed by atoms with Crippen LogP contribution in [0, 0.1) is 5.92 Å². The first-order valence-corrected chi connectivity index (χ1v) is 11.6. The van der Waals surface area contributed by atoms with Gasteiger partial charge in [-0.25, -0.2) is 9.97 Å². The second-order valence-corrected chi connectivity index (χ2v) is 9.41. The van der Waals surface area contributed by atoms with E-state index >= 15 is 0 Å². The first-order chi connectivity index (χ1) is 15.2. The normalized spacial score (nSPS) is 26.7. The summed E-state index contributed by atoms with van der Waals surface area (Å²) in [4.78, 5) is 11.5. The van der Waals surface area contributed by atoms with Crippen molar-refractivity contribution < 1.29 is 13.2 Å². The lowest BCUT2D eigenvalue weighted by molar-refractivity contribution is -0.0964. The van der Waals surface area contributed by atoms with Gasteiger partial charge in [0.15, 0.2) is 5.82 Å². The number of rotatable bonds is 7. The number of hydrogen-bond donors (Lipinski definition) is 3. The first kappa shape index (κ1) is 23.0. The number of aromatic nitrogens is 2. The molecular formula is C23H33F3N6. The van der Waals surface area contributed by atoms with Crippen molar-refractivity contribution in [3.05, 3.63) is 41.0 Å². The highest BCUT2D eigenvalue weighted by molar-refractivity contribution is 5.44. The summed E-state index contributed by atoms with van der Waals surface area (Å²) in [5, 5.41) is 3.67. The maximum Gasteiger partial charge on any atom is 0.414 e. The first-order valence-electron chi connectivity index (χ1n) is 11.6. The Hall–Kier alpha value is -2.13. The molecular weight excluding hydrogens is 417 g/mol. The molecule has 0 bridgehead atoms. The third-order valence-corrected chi connectivity index (χ3v) is 6.55. The summed E-state index contributed by atoms with van der Waals surface area (Å²) in [6.45, 7) is 4.78. The number of nitrogens with two attached hydrogens (primary N) is 2. The van der Waals surface area contributed by atoms with Gasteiger partial charge in [0.25, 0.3) is 0 Å². The summed E-state index contributed by atoms with van der Waals surface area (Å²) in [7, 11) is 0. The van der Waals surface area contributed by atoms with E-state index in [1.807, 2.05) is 13.0 Å². The van der Waals surface area contributed by atoms with E-state index in [-0.39, 0.29) is 11.5 Å². The van der Waals surface area contributed by atoms with Crippen LogP contribution in [0.2, 0.25) is 0 Å². The number of halogens is 3. The minimum absolute atomic E-state index is 0.219. The van der Waals surface area contributed by atoms with Crippen LogP contribution in [-0.2, 0) is 12.0 Å². The summed E-state index contributed by atoms with van der Waals surface area (Å²) in [6.07, 6.45) is 4.08. The van der Waals surface area contributed by atoms with Crippen molar-refractivity contribution in [1.82, 2.24) is 15.3 Å². The van der Waals surface area contributed by atoms with Gasteiger partial charge in [-0.1, -0.05) is 19.4 Å². The van der Waals surface area contributed by atoms with Gasteiger partial charge < -0.3 is 21.7 Å². The molecule has 1 aromatic heterocycles. The van der Waals surface area contributed by atoms with Crippen LogP contribution in [0.4, 0.5) is 19.0 Å². The average molecular weight is 451 g/mol. The zero-order valence-electron chi connectivity index (χ0n) is 18.6. The number of alkyl halides is 3. The Morgan fingerprint density at radius 2 is 2.03 bits per heavy atom. The molecule has 2 aliphatic carbocycles. The molecule has 0 spiro atoms. The SMILES string of the molecule is CCCc1cc(N2CCCC(NCC3CC3)C2)nc(C2(N)C=CC(N)=C(C(F)(F)F)C2)n1. The maximum absolute atomic E-state index is 13.5. The Morgan fingerprint density at radius 3 is 2.72 bits per heavy atom. The number of nitrogens with zero attached hydrogens (tertiary/aromatic N) is 3. The van der Waals surface area contributed by atoms with Crippen LogP contribution in [0.5, 0.6) is 0 Å². The van der Waals surface area contributed by atoms with Crippen LogP contribution in [0.1, 0.15) is 57.0 Å². The molecule has 2 unspecified atom stereocenters. The molecule has 9 heteroatoms. The van der Waals surface area contributed by atoms with Gasteiger partial charge in [0, 0.05) is 43.0 Å². The third-order valence-electron chi connectivity index (χ3n) is 6.55. The van der Waals surface area contributed by atoms with Crippen molar-refractivity contribution in [3.63, 3.8) is 0 Å². The van der Waals surface area contributed by atoms with Crippen LogP contribution in [0.15, 0.2) is 29.5 Å². The molecule has 1 saturated heterocycles. The van der Waals surface area contributed by atoms with Gasteiger partial charge in [0.1, 0.15) is 5.82 Å². The standard InChI is InChI=1S/C23H33F3N6/c1-2-4-16-11-20(32-10-3-5-17(14-32)29-13-15-6-7-15)31-21(30-16)22(28)9-8-19(27)18(12-22)23(24,25)26/h8-9,11,15,17,29H,2-7,10,12-14,27-28H2,1H3. The fraction of sp³-hybridized carbons (Fsp3) is 0.652. The van der Waals surface area contributed by atoms with E-state index in [1.54, 1.807) is 0 Å². The molecule has 0 amide bonds. The highest BCUT2D eigenvalue weighted by atomic mass is 19.4. The number of allylic oxidation sites excluding steroid dienone is 1. The zero-order chi connectivity index (χ0) is 22.9. The number of aryl methyl sites for hydroxylation is 1. The third kappa shape index (κ3) is 5.26. The molecule has 0 radical (unpaired) electrons. The Kier molecular flexibility index (Phi) is 6.49. The summed E-state index contributed by atoms with van der Waals surface area (Å²) in [5.41, 5.74) is 10.3. The van der Waals surface area contributed by atoms with Crippen LogP contribution >= 0.6 is 0 Å². The highest BCUT2D eigenvalue weighted by Gasteiger charge is 2.44. The number of anilines is 1. The molecule has 1 aliphatic heterocycles. The molecule has 5 N–H and O–H groups in total. The summed E-state index contributed by atoms with van der Waals surface area (Å²) in [5.74, 6) is 1.77. The van der Waals surface area contributed by atoms with Gasteiger partial charge >= 0.3 is 6.18 Å². The van der Waals surface area contributed by atoms with E-state index in [4.69, 9.17) is 16.5 Å². The summed E-state index contributed by atoms with van der Waals surface area (Å²) in [6, 6.07) is 2.35. The Balaban J connectivity index is 1.60. The minimum Gasteiger partial charge on any atom is -0.399 e. The fourth-order valence-electron chi connectivity index (χ4n) is 4.45. The molecule has 2 heterocycles. The predicted octanol–water partition coefficient (Wildman–Crippen LogP) is 3.29. The Labute approximate surface area is 187 Å². The molecule has 32 heavy (non-hydrogen) atoms. The van der Waals surface area contributed by atoms with Crippen molar-refractivity contribution >= 4 is 5.82 Å². The van der Waals surface area contributed by atoms with E-state index < -0.39 is 23.7 Å². The molecule has 3 aliphatic rings. The quantitative estimate of drug-likeness (QED) is 0.590. The maximum atomic E-state index is 13.5. The van der Waals surface area contributed by atoms with Gasteiger partial charge in [-0.3, -0.25) is 0 Å². The van der Waals surface area contributed by atoms with Crippen molar-refractivity contribution in [2.75, 3.05) is 24.5 Å². The molecule has 6 nitrogen and oxygen atoms in total. The molecule has 176 valence electrons. The summed E-state index contributed by atoms with van der Waals surface area (Å²) >= 11 is 0. The average Bonchev–Trinajstić information content (AvgIpc) is 3.58. The van der Waals surface area contributed by atoms with Crippen LogP contribution in [0.3, 0.4) is 0 Å². The molecule has 1 aromatic rings. The number of hydrogen-bond acceptors (Lipinski definition) is 6. The van der Waals surface area contributed by atoms with Crippen LogP contribution in [0.25, 0.3) is 0 Å². The van der Waals surface area contributed by atoms with E-state index in [2.05, 4.69) is 15.2 Å². The fourth-order valence-corrected chi connectivity index (χ4v) is 4.45. The number of piperidine rings is 1. The molecule has 0 aromatic carbocycles. The lowest BCUT2D eigenvalue weighted by Crippen LogP contribution is -2.47. The second-order valence-electron chi connectivity index (χ2n) is 9.41. The lowest BCUT2D eigenvalue weighted by atomic mass is 9.85. The lowest BCUT2D eigenvalue weighted by Gasteiger charge is -2.36. The van der Waals surface area contributed by atoms with Gasteiger partial charge in [0.2, 0.25) is 0 Å². The van der Waals surface area contributed by atoms with E-state index in [0.717, 1.165) is 56.3 Å². The van der Waals surface area contributed by atoms with Crippen molar-refractivity contribution in [2.45, 2.75) is 69.6 Å². The zero-order valence-corrected chi connectivity index (χ0v) is 18.6. The smallest absolute Gasteiger partial charge is 0.399 e. The molecule has 4 rings (SSSR count). The van der Waals surface area contributed by atoms with E-state index in [0.29, 0.717) is 12.5 Å². The van der Waals surface area contributed by atoms with Crippen molar-refractivity contribution in [1.29, 1.82) is 0 Å². The predicted molar refractivity (Wildman–Crippen MR) is 119 cm³/mol. The molecule has 1 saturated carbocycles. The van der Waals surface area contributed by atoms with Crippen molar-refractivity contribution in [2.24, 2.45) is 17.4 Å². The highest BCUT2D eigenvalue weighted by Crippen LogP contribution is 2.39. The Bertz CT molecular complexity index is 892. The van der Waals surface area contributed by atoms with E-state index in [9.17, 15) is 13.2 Å². The number of nitrogens with one attached hydrogen (secondary N) is 1. The minimum atomic E-state index is -4.54. The van der Waals surface area contributed by atoms with Gasteiger partial charge in [-0.15, -0.1) is 0 Å². The van der Waals surface area contributed by atoms with Gasteiger partial charge in [-0.05, 0) is 50.6 Å².